The smallest absolute Gasteiger partial charge is 0.332 e. The van der Waals surface area contributed by atoms with E-state index in [0.29, 0.717) is 6.42 Å². The minimum atomic E-state index is -1.16. The van der Waals surface area contributed by atoms with Crippen molar-refractivity contribution < 1.29 is 19.5 Å². The van der Waals surface area contributed by atoms with Gasteiger partial charge < -0.3 is 10.8 Å². The molecule has 13 heavy (non-hydrogen) atoms. The molecule has 0 aromatic rings. The Kier molecular flexibility index (Phi) is 4.36. The molecule has 0 radical (unpaired) electrons. The fraction of sp³-hybridized carbons (Fsp3) is 0.714. The van der Waals surface area contributed by atoms with Crippen LogP contribution in [0, 0.1) is 0 Å². The molecule has 6 heteroatoms. The number of amides is 1. The Balaban J connectivity index is 3.81. The van der Waals surface area contributed by atoms with E-state index in [1.165, 1.54) is 6.92 Å². The van der Waals surface area contributed by atoms with Gasteiger partial charge in [0.25, 0.3) is 5.91 Å². The zero-order valence-electron chi connectivity index (χ0n) is 7.66. The molecule has 76 valence electrons. The van der Waals surface area contributed by atoms with Crippen LogP contribution in [-0.2, 0) is 14.4 Å². The third kappa shape index (κ3) is 4.44. The van der Waals surface area contributed by atoms with Crippen molar-refractivity contribution in [3.05, 3.63) is 0 Å². The zero-order chi connectivity index (χ0) is 10.5. The highest BCUT2D eigenvalue weighted by atomic mass is 16.7. The summed E-state index contributed by atoms with van der Waals surface area (Å²) in [6, 6.07) is 0. The monoisotopic (exact) mass is 190 g/mol. The normalized spacial score (nSPS) is 14.7. The Morgan fingerprint density at radius 2 is 2.15 bits per heavy atom. The van der Waals surface area contributed by atoms with E-state index >= 15 is 0 Å². The van der Waals surface area contributed by atoms with Gasteiger partial charge in [0.1, 0.15) is 0 Å². The second-order valence-corrected chi connectivity index (χ2v) is 2.88. The molecule has 0 saturated heterocycles. The molecular formula is C7H14N2O4. The second kappa shape index (κ2) is 4.78. The van der Waals surface area contributed by atoms with Crippen LogP contribution >= 0.6 is 0 Å². The maximum absolute atomic E-state index is 11.1. The summed E-state index contributed by atoms with van der Waals surface area (Å²) in [5.74, 6) is -1.69. The van der Waals surface area contributed by atoms with Gasteiger partial charge in [-0.15, -0.1) is 0 Å². The molecule has 6 nitrogen and oxygen atoms in total. The predicted molar refractivity (Wildman–Crippen MR) is 44.6 cm³/mol. The van der Waals surface area contributed by atoms with Gasteiger partial charge in [-0.1, -0.05) is 6.92 Å². The highest BCUT2D eigenvalue weighted by Crippen LogP contribution is 2.03. The Hall–Kier alpha value is -1.14. The zero-order valence-corrected chi connectivity index (χ0v) is 7.66. The number of carboxylic acid groups (broad SMARTS) is 1. The molecule has 0 aliphatic carbocycles. The molecule has 1 unspecified atom stereocenters. The summed E-state index contributed by atoms with van der Waals surface area (Å²) in [7, 11) is 0. The van der Waals surface area contributed by atoms with Crippen molar-refractivity contribution in [2.45, 2.75) is 25.8 Å². The van der Waals surface area contributed by atoms with Crippen LogP contribution in [0.3, 0.4) is 0 Å². The van der Waals surface area contributed by atoms with E-state index < -0.39 is 24.0 Å². The molecule has 0 aliphatic heterocycles. The molecule has 0 saturated carbocycles. The molecule has 0 bridgehead atoms. The van der Waals surface area contributed by atoms with E-state index in [-0.39, 0.29) is 0 Å². The lowest BCUT2D eigenvalue weighted by Gasteiger charge is -2.20. The molecule has 0 fully saturated rings. The first-order valence-corrected chi connectivity index (χ1v) is 3.83. The SMILES string of the molecule is CCC(C)(N)C(=O)NOCC(=O)O. The van der Waals surface area contributed by atoms with Crippen molar-refractivity contribution in [1.82, 2.24) is 5.48 Å². The van der Waals surface area contributed by atoms with Gasteiger partial charge in [0.2, 0.25) is 0 Å². The van der Waals surface area contributed by atoms with Gasteiger partial charge in [0.05, 0.1) is 5.54 Å². The number of hydrogen-bond donors (Lipinski definition) is 3. The average Bonchev–Trinajstić information content (AvgIpc) is 2.03. The van der Waals surface area contributed by atoms with Crippen LogP contribution < -0.4 is 11.2 Å². The number of carbonyl (C=O) groups excluding carboxylic acids is 1. The quantitative estimate of drug-likeness (QED) is 0.495. The summed E-state index contributed by atoms with van der Waals surface area (Å²) in [5, 5.41) is 8.18. The third-order valence-electron chi connectivity index (χ3n) is 1.61. The topological polar surface area (TPSA) is 102 Å². The standard InChI is InChI=1S/C7H14N2O4/c1-3-7(2,8)6(12)9-13-4-5(10)11/h3-4,8H2,1-2H3,(H,9,12)(H,10,11). The predicted octanol–water partition coefficient (Wildman–Crippen LogP) is -0.754. The molecule has 0 heterocycles. The van der Waals surface area contributed by atoms with Gasteiger partial charge in [-0.2, -0.15) is 0 Å². The maximum atomic E-state index is 11.1. The van der Waals surface area contributed by atoms with Gasteiger partial charge in [0, 0.05) is 0 Å². The van der Waals surface area contributed by atoms with E-state index in [1.807, 2.05) is 5.48 Å². The lowest BCUT2D eigenvalue weighted by Crippen LogP contribution is -2.51. The number of hydrogen-bond acceptors (Lipinski definition) is 4. The van der Waals surface area contributed by atoms with Crippen LogP contribution in [-0.4, -0.2) is 29.1 Å². The van der Waals surface area contributed by atoms with Gasteiger partial charge >= 0.3 is 5.97 Å². The highest BCUT2D eigenvalue weighted by Gasteiger charge is 2.26. The minimum Gasteiger partial charge on any atom is -0.479 e. The van der Waals surface area contributed by atoms with Crippen molar-refractivity contribution in [3.63, 3.8) is 0 Å². The lowest BCUT2D eigenvalue weighted by atomic mass is 10.0. The van der Waals surface area contributed by atoms with Gasteiger partial charge in [-0.25, -0.2) is 10.3 Å². The average molecular weight is 190 g/mol. The molecule has 0 aromatic carbocycles. The number of carbonyl (C=O) groups is 2. The van der Waals surface area contributed by atoms with E-state index in [4.69, 9.17) is 10.8 Å². The van der Waals surface area contributed by atoms with E-state index in [2.05, 4.69) is 4.84 Å². The summed E-state index contributed by atoms with van der Waals surface area (Å²) in [6.07, 6.45) is 0.440. The summed E-state index contributed by atoms with van der Waals surface area (Å²) in [5.41, 5.74) is 6.47. The number of carboxylic acids is 1. The summed E-state index contributed by atoms with van der Waals surface area (Å²) >= 11 is 0. The Morgan fingerprint density at radius 3 is 2.54 bits per heavy atom. The fourth-order valence-electron chi connectivity index (χ4n) is 0.441. The van der Waals surface area contributed by atoms with Crippen molar-refractivity contribution >= 4 is 11.9 Å². The number of aliphatic carboxylic acids is 1. The second-order valence-electron chi connectivity index (χ2n) is 2.88. The van der Waals surface area contributed by atoms with Crippen LogP contribution in [0.1, 0.15) is 20.3 Å². The van der Waals surface area contributed by atoms with Crippen LogP contribution in [0.15, 0.2) is 0 Å². The van der Waals surface area contributed by atoms with Crippen LogP contribution in [0.5, 0.6) is 0 Å². The first-order valence-electron chi connectivity index (χ1n) is 3.83. The van der Waals surface area contributed by atoms with E-state index in [9.17, 15) is 9.59 Å². The molecule has 0 spiro atoms. The molecule has 0 aliphatic rings. The van der Waals surface area contributed by atoms with Crippen molar-refractivity contribution in [1.29, 1.82) is 0 Å². The molecule has 1 atom stereocenters. The third-order valence-corrected chi connectivity index (χ3v) is 1.61. The fourth-order valence-corrected chi connectivity index (χ4v) is 0.441. The number of hydroxylamine groups is 1. The number of nitrogens with one attached hydrogen (secondary N) is 1. The van der Waals surface area contributed by atoms with E-state index in [0.717, 1.165) is 0 Å². The van der Waals surface area contributed by atoms with Crippen LogP contribution in [0.4, 0.5) is 0 Å². The molecular weight excluding hydrogens is 176 g/mol. The van der Waals surface area contributed by atoms with Crippen molar-refractivity contribution in [3.8, 4) is 0 Å². The Labute approximate surface area is 76.0 Å². The van der Waals surface area contributed by atoms with E-state index in [1.54, 1.807) is 6.92 Å². The summed E-state index contributed by atoms with van der Waals surface area (Å²) in [4.78, 5) is 25.5. The largest absolute Gasteiger partial charge is 0.479 e. The summed E-state index contributed by atoms with van der Waals surface area (Å²) < 4.78 is 0. The Bertz CT molecular complexity index is 203. The number of rotatable bonds is 5. The van der Waals surface area contributed by atoms with Gasteiger partial charge in [-0.3, -0.25) is 9.63 Å². The van der Waals surface area contributed by atoms with Crippen LogP contribution in [0.25, 0.3) is 0 Å². The van der Waals surface area contributed by atoms with Gasteiger partial charge in [-0.05, 0) is 13.3 Å². The Morgan fingerprint density at radius 1 is 1.62 bits per heavy atom. The molecule has 0 rings (SSSR count). The van der Waals surface area contributed by atoms with Crippen molar-refractivity contribution in [2.24, 2.45) is 5.73 Å². The highest BCUT2D eigenvalue weighted by molar-refractivity contribution is 5.84. The minimum absolute atomic E-state index is 0.440. The van der Waals surface area contributed by atoms with Gasteiger partial charge in [0.15, 0.2) is 6.61 Å². The first kappa shape index (κ1) is 11.9. The summed E-state index contributed by atoms with van der Waals surface area (Å²) in [6.45, 7) is 2.70. The molecule has 0 aromatic heterocycles. The first-order chi connectivity index (χ1) is 5.90. The number of nitrogens with two attached hydrogens (primary N) is 1. The maximum Gasteiger partial charge on any atom is 0.332 e. The molecule has 1 amide bonds. The van der Waals surface area contributed by atoms with Crippen molar-refractivity contribution in [2.75, 3.05) is 6.61 Å². The lowest BCUT2D eigenvalue weighted by molar-refractivity contribution is -0.151. The van der Waals surface area contributed by atoms with Crippen LogP contribution in [0.2, 0.25) is 0 Å². The molecule has 4 N–H and O–H groups in total.